The molecule has 0 aromatic heterocycles. The Hall–Kier alpha value is -0.120. The third-order valence-electron chi connectivity index (χ3n) is 3.00. The van der Waals surface area contributed by atoms with E-state index in [4.69, 9.17) is 4.74 Å². The molecule has 0 aliphatic carbocycles. The first-order valence-corrected chi connectivity index (χ1v) is 5.75. The Balaban J connectivity index is 2.09. The largest absolute Gasteiger partial charge is 0.378 e. The lowest BCUT2D eigenvalue weighted by atomic mass is 10.0. The molecule has 84 valence electrons. The lowest BCUT2D eigenvalue weighted by molar-refractivity contribution is 0.0960. The van der Waals surface area contributed by atoms with Crippen LogP contribution < -0.4 is 5.32 Å². The summed E-state index contributed by atoms with van der Waals surface area (Å²) >= 11 is 0. The summed E-state index contributed by atoms with van der Waals surface area (Å²) in [6, 6.07) is 0. The van der Waals surface area contributed by atoms with E-state index in [0.29, 0.717) is 6.10 Å². The predicted molar refractivity (Wildman–Crippen MR) is 59.6 cm³/mol. The number of rotatable bonds is 6. The SMILES string of the molecule is CCNCCN(C)CC1CCOC1C. The van der Waals surface area contributed by atoms with Crippen LogP contribution in [0.3, 0.4) is 0 Å². The van der Waals surface area contributed by atoms with Crippen molar-refractivity contribution in [1.29, 1.82) is 0 Å². The van der Waals surface area contributed by atoms with Crippen molar-refractivity contribution in [2.75, 3.05) is 39.8 Å². The van der Waals surface area contributed by atoms with Crippen LogP contribution in [0.2, 0.25) is 0 Å². The summed E-state index contributed by atoms with van der Waals surface area (Å²) in [6.45, 7) is 9.75. The lowest BCUT2D eigenvalue weighted by Gasteiger charge is -2.22. The van der Waals surface area contributed by atoms with Crippen LogP contribution in [0.15, 0.2) is 0 Å². The van der Waals surface area contributed by atoms with Gasteiger partial charge in [0.1, 0.15) is 0 Å². The van der Waals surface area contributed by atoms with Gasteiger partial charge in [0.15, 0.2) is 0 Å². The molecule has 2 atom stereocenters. The highest BCUT2D eigenvalue weighted by Gasteiger charge is 2.24. The van der Waals surface area contributed by atoms with Gasteiger partial charge < -0.3 is 15.0 Å². The van der Waals surface area contributed by atoms with Gasteiger partial charge in [0, 0.05) is 26.2 Å². The Kier molecular flexibility index (Phi) is 5.45. The molecular weight excluding hydrogens is 176 g/mol. The van der Waals surface area contributed by atoms with Gasteiger partial charge in [-0.05, 0) is 32.9 Å². The zero-order chi connectivity index (χ0) is 10.4. The molecule has 1 fully saturated rings. The molecule has 0 bridgehead atoms. The standard InChI is InChI=1S/C11H24N2O/c1-4-12-6-7-13(3)9-11-5-8-14-10(11)2/h10-12H,4-9H2,1-3H3. The monoisotopic (exact) mass is 200 g/mol. The van der Waals surface area contributed by atoms with Gasteiger partial charge in [-0.1, -0.05) is 6.92 Å². The molecule has 3 heteroatoms. The number of nitrogens with zero attached hydrogens (tertiary/aromatic N) is 1. The van der Waals surface area contributed by atoms with Crippen LogP contribution in [0.1, 0.15) is 20.3 Å². The fraction of sp³-hybridized carbons (Fsp3) is 1.00. The van der Waals surface area contributed by atoms with Crippen LogP contribution in [0, 0.1) is 5.92 Å². The van der Waals surface area contributed by atoms with E-state index in [1.165, 1.54) is 13.0 Å². The van der Waals surface area contributed by atoms with Gasteiger partial charge in [-0.25, -0.2) is 0 Å². The van der Waals surface area contributed by atoms with E-state index in [1.807, 2.05) is 0 Å². The molecule has 0 radical (unpaired) electrons. The third-order valence-corrected chi connectivity index (χ3v) is 3.00. The molecular formula is C11H24N2O. The normalized spacial score (nSPS) is 27.4. The average Bonchev–Trinajstić information content (AvgIpc) is 2.52. The summed E-state index contributed by atoms with van der Waals surface area (Å²) in [7, 11) is 2.20. The van der Waals surface area contributed by atoms with E-state index < -0.39 is 0 Å². The van der Waals surface area contributed by atoms with Crippen LogP contribution in [0.25, 0.3) is 0 Å². The van der Waals surface area contributed by atoms with Crippen molar-refractivity contribution in [2.24, 2.45) is 5.92 Å². The molecule has 3 nitrogen and oxygen atoms in total. The van der Waals surface area contributed by atoms with Crippen LogP contribution in [-0.4, -0.2) is 50.8 Å². The van der Waals surface area contributed by atoms with Crippen molar-refractivity contribution >= 4 is 0 Å². The van der Waals surface area contributed by atoms with E-state index in [2.05, 4.69) is 31.1 Å². The van der Waals surface area contributed by atoms with Crippen molar-refractivity contribution in [3.63, 3.8) is 0 Å². The highest BCUT2D eigenvalue weighted by atomic mass is 16.5. The smallest absolute Gasteiger partial charge is 0.0588 e. The zero-order valence-electron chi connectivity index (χ0n) is 9.75. The molecule has 1 aliphatic rings. The Labute approximate surface area is 87.8 Å². The Morgan fingerprint density at radius 1 is 1.50 bits per heavy atom. The molecule has 0 aromatic rings. The molecule has 0 saturated carbocycles. The first kappa shape index (κ1) is 12.0. The van der Waals surface area contributed by atoms with Crippen LogP contribution >= 0.6 is 0 Å². The summed E-state index contributed by atoms with van der Waals surface area (Å²) in [4.78, 5) is 2.40. The predicted octanol–water partition coefficient (Wildman–Crippen LogP) is 0.953. The van der Waals surface area contributed by atoms with E-state index >= 15 is 0 Å². The summed E-state index contributed by atoms with van der Waals surface area (Å²) in [5, 5.41) is 3.34. The summed E-state index contributed by atoms with van der Waals surface area (Å²) in [5.74, 6) is 0.738. The minimum absolute atomic E-state index is 0.455. The highest BCUT2D eigenvalue weighted by Crippen LogP contribution is 2.20. The fourth-order valence-electron chi connectivity index (χ4n) is 1.95. The summed E-state index contributed by atoms with van der Waals surface area (Å²) < 4.78 is 5.55. The number of hydrogen-bond acceptors (Lipinski definition) is 3. The van der Waals surface area contributed by atoms with E-state index in [-0.39, 0.29) is 0 Å². The first-order valence-electron chi connectivity index (χ1n) is 5.75. The van der Waals surface area contributed by atoms with Gasteiger partial charge >= 0.3 is 0 Å². The summed E-state index contributed by atoms with van der Waals surface area (Å²) in [5.41, 5.74) is 0. The Bertz CT molecular complexity index is 152. The number of ether oxygens (including phenoxy) is 1. The van der Waals surface area contributed by atoms with E-state index in [1.54, 1.807) is 0 Å². The zero-order valence-corrected chi connectivity index (χ0v) is 9.75. The maximum atomic E-state index is 5.55. The molecule has 1 N–H and O–H groups in total. The van der Waals surface area contributed by atoms with Crippen LogP contribution in [-0.2, 0) is 4.74 Å². The second kappa shape index (κ2) is 6.38. The maximum absolute atomic E-state index is 5.55. The average molecular weight is 200 g/mol. The molecule has 1 saturated heterocycles. The topological polar surface area (TPSA) is 24.5 Å². The molecule has 14 heavy (non-hydrogen) atoms. The minimum atomic E-state index is 0.455. The van der Waals surface area contributed by atoms with Crippen molar-refractivity contribution in [2.45, 2.75) is 26.4 Å². The third kappa shape index (κ3) is 3.95. The fourth-order valence-corrected chi connectivity index (χ4v) is 1.95. The number of nitrogens with one attached hydrogen (secondary N) is 1. The quantitative estimate of drug-likeness (QED) is 0.646. The van der Waals surface area contributed by atoms with E-state index in [0.717, 1.165) is 32.2 Å². The molecule has 0 spiro atoms. The molecule has 0 aromatic carbocycles. The first-order chi connectivity index (χ1) is 6.74. The van der Waals surface area contributed by atoms with Gasteiger partial charge in [0.2, 0.25) is 0 Å². The van der Waals surface area contributed by atoms with Crippen molar-refractivity contribution in [1.82, 2.24) is 10.2 Å². The number of hydrogen-bond donors (Lipinski definition) is 1. The molecule has 0 amide bonds. The van der Waals surface area contributed by atoms with Crippen molar-refractivity contribution in [3.8, 4) is 0 Å². The summed E-state index contributed by atoms with van der Waals surface area (Å²) in [6.07, 6.45) is 1.68. The van der Waals surface area contributed by atoms with Gasteiger partial charge in [-0.2, -0.15) is 0 Å². The van der Waals surface area contributed by atoms with Crippen LogP contribution in [0.4, 0.5) is 0 Å². The van der Waals surface area contributed by atoms with E-state index in [9.17, 15) is 0 Å². The highest BCUT2D eigenvalue weighted by molar-refractivity contribution is 4.75. The van der Waals surface area contributed by atoms with Crippen molar-refractivity contribution < 1.29 is 4.74 Å². The maximum Gasteiger partial charge on any atom is 0.0588 e. The number of likely N-dealkylation sites (N-methyl/N-ethyl adjacent to an activating group) is 2. The second-order valence-electron chi connectivity index (χ2n) is 4.24. The minimum Gasteiger partial charge on any atom is -0.378 e. The second-order valence-corrected chi connectivity index (χ2v) is 4.24. The Morgan fingerprint density at radius 3 is 2.86 bits per heavy atom. The molecule has 1 heterocycles. The Morgan fingerprint density at radius 2 is 2.29 bits per heavy atom. The molecule has 2 unspecified atom stereocenters. The van der Waals surface area contributed by atoms with Crippen molar-refractivity contribution in [3.05, 3.63) is 0 Å². The van der Waals surface area contributed by atoms with Crippen LogP contribution in [0.5, 0.6) is 0 Å². The lowest BCUT2D eigenvalue weighted by Crippen LogP contribution is -2.34. The van der Waals surface area contributed by atoms with Gasteiger partial charge in [-0.15, -0.1) is 0 Å². The van der Waals surface area contributed by atoms with Gasteiger partial charge in [0.25, 0.3) is 0 Å². The molecule has 1 aliphatic heterocycles. The van der Waals surface area contributed by atoms with Gasteiger partial charge in [-0.3, -0.25) is 0 Å². The van der Waals surface area contributed by atoms with Gasteiger partial charge in [0.05, 0.1) is 6.10 Å². The molecule has 1 rings (SSSR count).